The summed E-state index contributed by atoms with van der Waals surface area (Å²) < 4.78 is 44.2. The average molecular weight is 310 g/mol. The van der Waals surface area contributed by atoms with Crippen molar-refractivity contribution < 1.29 is 27.8 Å². The number of aromatic hydroxyl groups is 1. The highest BCUT2D eigenvalue weighted by Crippen LogP contribution is 2.35. The van der Waals surface area contributed by atoms with Gasteiger partial charge in [-0.05, 0) is 31.2 Å². The summed E-state index contributed by atoms with van der Waals surface area (Å²) in [5.74, 6) is -0.695. The van der Waals surface area contributed by atoms with Gasteiger partial charge in [0.15, 0.2) is 5.78 Å². The molecule has 0 unspecified atom stereocenters. The zero-order valence-corrected chi connectivity index (χ0v) is 11.6. The maximum absolute atomic E-state index is 13.0. The molecule has 0 spiro atoms. The van der Waals surface area contributed by atoms with Crippen molar-refractivity contribution in [3.8, 4) is 11.5 Å². The molecule has 0 amide bonds. The monoisotopic (exact) mass is 310 g/mol. The van der Waals surface area contributed by atoms with Crippen LogP contribution in [0.4, 0.5) is 13.2 Å². The Morgan fingerprint density at radius 2 is 1.86 bits per heavy atom. The molecule has 0 radical (unpaired) electrons. The second kappa shape index (κ2) is 6.09. The van der Waals surface area contributed by atoms with Gasteiger partial charge in [-0.3, -0.25) is 4.79 Å². The van der Waals surface area contributed by atoms with Crippen molar-refractivity contribution in [2.24, 2.45) is 0 Å². The molecule has 3 nitrogen and oxygen atoms in total. The van der Waals surface area contributed by atoms with Crippen molar-refractivity contribution >= 4 is 5.78 Å². The van der Waals surface area contributed by atoms with E-state index in [1.165, 1.54) is 12.1 Å². The van der Waals surface area contributed by atoms with Crippen LogP contribution in [0.5, 0.6) is 11.5 Å². The smallest absolute Gasteiger partial charge is 0.417 e. The molecule has 0 bridgehead atoms. The summed E-state index contributed by atoms with van der Waals surface area (Å²) in [7, 11) is 0. The number of rotatable bonds is 4. The van der Waals surface area contributed by atoms with Crippen molar-refractivity contribution in [1.29, 1.82) is 0 Å². The Balaban J connectivity index is 2.26. The minimum atomic E-state index is -4.64. The molecule has 0 saturated carbocycles. The molecule has 0 atom stereocenters. The fraction of sp³-hybridized carbons (Fsp3) is 0.188. The van der Waals surface area contributed by atoms with E-state index in [9.17, 15) is 23.1 Å². The summed E-state index contributed by atoms with van der Waals surface area (Å²) in [6, 6.07) is 9.54. The minimum Gasteiger partial charge on any atom is -0.508 e. The maximum Gasteiger partial charge on any atom is 0.417 e. The first kappa shape index (κ1) is 15.9. The highest BCUT2D eigenvalue weighted by atomic mass is 19.4. The predicted octanol–water partition coefficient (Wildman–Crippen LogP) is 4.19. The number of para-hydroxylation sites is 1. The second-order valence-corrected chi connectivity index (χ2v) is 4.68. The van der Waals surface area contributed by atoms with Crippen LogP contribution in [0.25, 0.3) is 0 Å². The highest BCUT2D eigenvalue weighted by Gasteiger charge is 2.34. The lowest BCUT2D eigenvalue weighted by molar-refractivity contribution is -0.138. The average Bonchev–Trinajstić information content (AvgIpc) is 2.45. The molecule has 2 aromatic rings. The molecule has 0 aromatic heterocycles. The van der Waals surface area contributed by atoms with E-state index < -0.39 is 23.1 Å². The predicted molar refractivity (Wildman–Crippen MR) is 73.9 cm³/mol. The fourth-order valence-electron chi connectivity index (χ4n) is 1.95. The first-order chi connectivity index (χ1) is 10.3. The lowest BCUT2D eigenvalue weighted by Crippen LogP contribution is -2.12. The molecular formula is C16H13F3O3. The van der Waals surface area contributed by atoms with Crippen LogP contribution in [0.15, 0.2) is 42.5 Å². The van der Waals surface area contributed by atoms with E-state index >= 15 is 0 Å². The molecule has 0 aliphatic rings. The van der Waals surface area contributed by atoms with Gasteiger partial charge in [-0.25, -0.2) is 0 Å². The van der Waals surface area contributed by atoms with Crippen LogP contribution in [0.1, 0.15) is 28.4 Å². The van der Waals surface area contributed by atoms with Crippen LogP contribution in [0.2, 0.25) is 0 Å². The first-order valence-corrected chi connectivity index (χ1v) is 6.41. The van der Waals surface area contributed by atoms with Gasteiger partial charge in [0.25, 0.3) is 0 Å². The molecular weight excluding hydrogens is 297 g/mol. The van der Waals surface area contributed by atoms with E-state index in [2.05, 4.69) is 0 Å². The molecule has 0 aliphatic heterocycles. The van der Waals surface area contributed by atoms with Gasteiger partial charge in [-0.2, -0.15) is 13.2 Å². The molecule has 2 aromatic carbocycles. The molecule has 1 N–H and O–H groups in total. The second-order valence-electron chi connectivity index (χ2n) is 4.68. The summed E-state index contributed by atoms with van der Waals surface area (Å²) in [4.78, 5) is 11.3. The molecule has 0 aliphatic carbocycles. The van der Waals surface area contributed by atoms with Crippen molar-refractivity contribution in [3.63, 3.8) is 0 Å². The first-order valence-electron chi connectivity index (χ1n) is 6.41. The lowest BCUT2D eigenvalue weighted by atomic mass is 10.0. The van der Waals surface area contributed by atoms with Crippen molar-refractivity contribution in [2.45, 2.75) is 19.7 Å². The largest absolute Gasteiger partial charge is 0.508 e. The zero-order valence-electron chi connectivity index (χ0n) is 11.6. The van der Waals surface area contributed by atoms with Crippen molar-refractivity contribution in [1.82, 2.24) is 0 Å². The number of phenols is 1. The van der Waals surface area contributed by atoms with Crippen molar-refractivity contribution in [3.05, 3.63) is 59.2 Å². The van der Waals surface area contributed by atoms with Crippen LogP contribution in [0.3, 0.4) is 0 Å². The number of carbonyl (C=O) groups is 1. The van der Waals surface area contributed by atoms with E-state index in [-0.39, 0.29) is 18.1 Å². The molecule has 6 heteroatoms. The Hall–Kier alpha value is -2.50. The third kappa shape index (κ3) is 3.58. The van der Waals surface area contributed by atoms with E-state index in [1.807, 2.05) is 0 Å². The number of alkyl halides is 3. The number of ketones is 1. The van der Waals surface area contributed by atoms with Gasteiger partial charge in [0.2, 0.25) is 0 Å². The molecule has 2 rings (SSSR count). The Morgan fingerprint density at radius 1 is 1.18 bits per heavy atom. The Morgan fingerprint density at radius 3 is 2.45 bits per heavy atom. The number of phenolic OH excluding ortho intramolecular Hbond substituents is 1. The number of ether oxygens (including phenoxy) is 1. The topological polar surface area (TPSA) is 46.5 Å². The third-order valence-electron chi connectivity index (χ3n) is 3.06. The van der Waals surface area contributed by atoms with Crippen molar-refractivity contribution in [2.75, 3.05) is 0 Å². The number of hydrogen-bond donors (Lipinski definition) is 1. The number of benzene rings is 2. The molecule has 0 heterocycles. The molecule has 116 valence electrons. The molecule has 0 fully saturated rings. The van der Waals surface area contributed by atoms with E-state index in [0.29, 0.717) is 5.56 Å². The normalized spacial score (nSPS) is 11.3. The van der Waals surface area contributed by atoms with Gasteiger partial charge in [0.1, 0.15) is 18.1 Å². The van der Waals surface area contributed by atoms with Gasteiger partial charge in [-0.1, -0.05) is 18.2 Å². The van der Waals surface area contributed by atoms with Gasteiger partial charge < -0.3 is 9.84 Å². The SMILES string of the molecule is CC(=O)c1ccc(OCc2ccccc2O)cc1C(F)(F)F. The van der Waals surface area contributed by atoms with Gasteiger partial charge >= 0.3 is 6.18 Å². The summed E-state index contributed by atoms with van der Waals surface area (Å²) in [5.41, 5.74) is -0.983. The number of halogens is 3. The Kier molecular flexibility index (Phi) is 4.40. The summed E-state index contributed by atoms with van der Waals surface area (Å²) in [6.45, 7) is 0.997. The van der Waals surface area contributed by atoms with Crippen LogP contribution in [-0.4, -0.2) is 10.9 Å². The number of carbonyl (C=O) groups excluding carboxylic acids is 1. The quantitative estimate of drug-likeness (QED) is 0.861. The van der Waals surface area contributed by atoms with E-state index in [1.54, 1.807) is 18.2 Å². The van der Waals surface area contributed by atoms with Gasteiger partial charge in [0.05, 0.1) is 5.56 Å². The van der Waals surface area contributed by atoms with Crippen LogP contribution >= 0.6 is 0 Å². The minimum absolute atomic E-state index is 0.00102. The third-order valence-corrected chi connectivity index (χ3v) is 3.06. The Labute approximate surface area is 125 Å². The summed E-state index contributed by atoms with van der Waals surface area (Å²) in [5, 5.41) is 9.58. The van der Waals surface area contributed by atoms with E-state index in [0.717, 1.165) is 19.1 Å². The van der Waals surface area contributed by atoms with Crippen LogP contribution in [-0.2, 0) is 12.8 Å². The summed E-state index contributed by atoms with van der Waals surface area (Å²) in [6.07, 6.45) is -4.64. The van der Waals surface area contributed by atoms with Crippen LogP contribution < -0.4 is 4.74 Å². The number of hydrogen-bond acceptors (Lipinski definition) is 3. The molecule has 22 heavy (non-hydrogen) atoms. The van der Waals surface area contributed by atoms with Gasteiger partial charge in [-0.15, -0.1) is 0 Å². The lowest BCUT2D eigenvalue weighted by Gasteiger charge is -2.14. The van der Waals surface area contributed by atoms with Crippen LogP contribution in [0, 0.1) is 0 Å². The zero-order chi connectivity index (χ0) is 16.3. The standard InChI is InChI=1S/C16H13F3O3/c1-10(20)13-7-6-12(8-14(13)16(17,18)19)22-9-11-4-2-3-5-15(11)21/h2-8,21H,9H2,1H3. The molecule has 0 saturated heterocycles. The van der Waals surface area contributed by atoms with Gasteiger partial charge in [0, 0.05) is 11.1 Å². The fourth-order valence-corrected chi connectivity index (χ4v) is 1.95. The highest BCUT2D eigenvalue weighted by molar-refractivity contribution is 5.95. The Bertz CT molecular complexity index is 693. The summed E-state index contributed by atoms with van der Waals surface area (Å²) >= 11 is 0. The number of Topliss-reactive ketones (excluding diaryl/α,β-unsaturated/α-hetero) is 1. The maximum atomic E-state index is 13.0. The van der Waals surface area contributed by atoms with E-state index in [4.69, 9.17) is 4.74 Å².